The summed E-state index contributed by atoms with van der Waals surface area (Å²) in [5.41, 5.74) is 0. The number of piperidine rings is 1. The third-order valence-electron chi connectivity index (χ3n) is 4.81. The van der Waals surface area contributed by atoms with Gasteiger partial charge in [0.2, 0.25) is 0 Å². The average Bonchev–Trinajstić information content (AvgIpc) is 2.98. The summed E-state index contributed by atoms with van der Waals surface area (Å²) in [6.07, 6.45) is 6.24. The number of ether oxygens (including phenoxy) is 1. The highest BCUT2D eigenvalue weighted by molar-refractivity contribution is 5.75. The molecule has 5 nitrogen and oxygen atoms in total. The summed E-state index contributed by atoms with van der Waals surface area (Å²) in [5, 5.41) is 3.07. The molecule has 2 aliphatic rings. The number of carbonyl (C=O) groups excluding carboxylic acids is 1. The molecule has 2 fully saturated rings. The molecule has 0 spiro atoms. The van der Waals surface area contributed by atoms with Gasteiger partial charge in [0.05, 0.1) is 6.61 Å². The Labute approximate surface area is 129 Å². The third-order valence-corrected chi connectivity index (χ3v) is 4.81. The molecule has 2 rings (SSSR count). The van der Waals surface area contributed by atoms with Crippen LogP contribution in [0.15, 0.2) is 0 Å². The summed E-state index contributed by atoms with van der Waals surface area (Å²) in [4.78, 5) is 17.0. The highest BCUT2D eigenvalue weighted by atomic mass is 16.5. The lowest BCUT2D eigenvalue weighted by atomic mass is 10.1. The van der Waals surface area contributed by atoms with Crippen LogP contribution in [0, 0.1) is 0 Å². The lowest BCUT2D eigenvalue weighted by Crippen LogP contribution is -2.42. The highest BCUT2D eigenvalue weighted by Gasteiger charge is 2.29. The van der Waals surface area contributed by atoms with Crippen LogP contribution in [-0.4, -0.2) is 74.2 Å². The Morgan fingerprint density at radius 2 is 2.05 bits per heavy atom. The fraction of sp³-hybridized carbons (Fsp3) is 0.938. The maximum atomic E-state index is 11.8. The summed E-state index contributed by atoms with van der Waals surface area (Å²) >= 11 is 0. The summed E-state index contributed by atoms with van der Waals surface area (Å²) < 4.78 is 5.10. The van der Waals surface area contributed by atoms with Crippen molar-refractivity contribution < 1.29 is 9.53 Å². The zero-order chi connectivity index (χ0) is 15.1. The number of likely N-dealkylation sites (tertiary alicyclic amines) is 2. The zero-order valence-electron chi connectivity index (χ0n) is 13.6. The topological polar surface area (TPSA) is 44.8 Å². The Morgan fingerprint density at radius 3 is 2.71 bits per heavy atom. The third kappa shape index (κ3) is 4.94. The molecule has 2 saturated heterocycles. The molecule has 1 N–H and O–H groups in total. The van der Waals surface area contributed by atoms with E-state index in [2.05, 4.69) is 15.1 Å². The molecule has 0 aromatic rings. The first kappa shape index (κ1) is 16.7. The normalized spacial score (nSPS) is 25.9. The minimum atomic E-state index is -0.168. The molecule has 0 bridgehead atoms. The van der Waals surface area contributed by atoms with Crippen LogP contribution in [0.5, 0.6) is 0 Å². The van der Waals surface area contributed by atoms with Crippen molar-refractivity contribution in [1.29, 1.82) is 0 Å². The van der Waals surface area contributed by atoms with Crippen molar-refractivity contribution in [3.63, 3.8) is 0 Å². The number of rotatable bonds is 7. The molecule has 0 saturated carbocycles. The molecule has 2 atom stereocenters. The van der Waals surface area contributed by atoms with E-state index in [4.69, 9.17) is 4.74 Å². The maximum Gasteiger partial charge on any atom is 0.323 e. The molecule has 0 radical (unpaired) electrons. The quantitative estimate of drug-likeness (QED) is 0.713. The number of likely N-dealkylation sites (N-methyl/N-ethyl adjacent to an activating group) is 1. The van der Waals surface area contributed by atoms with Crippen LogP contribution < -0.4 is 5.32 Å². The van der Waals surface area contributed by atoms with E-state index in [0.717, 1.165) is 19.0 Å². The molecule has 2 heterocycles. The van der Waals surface area contributed by atoms with E-state index in [-0.39, 0.29) is 12.0 Å². The summed E-state index contributed by atoms with van der Waals surface area (Å²) in [6.45, 7) is 8.18. The SMILES string of the molecule is CCOC(=O)C(CCN1CCC(N2CCCCC2)C1)NC. The smallest absolute Gasteiger partial charge is 0.323 e. The van der Waals surface area contributed by atoms with E-state index in [9.17, 15) is 4.79 Å². The van der Waals surface area contributed by atoms with Crippen LogP contribution in [0.25, 0.3) is 0 Å². The van der Waals surface area contributed by atoms with Crippen molar-refractivity contribution in [2.75, 3.05) is 46.4 Å². The van der Waals surface area contributed by atoms with Gasteiger partial charge in [0, 0.05) is 19.1 Å². The van der Waals surface area contributed by atoms with Gasteiger partial charge in [0.25, 0.3) is 0 Å². The fourth-order valence-corrected chi connectivity index (χ4v) is 3.53. The van der Waals surface area contributed by atoms with Gasteiger partial charge in [0.15, 0.2) is 0 Å². The molecule has 21 heavy (non-hydrogen) atoms. The highest BCUT2D eigenvalue weighted by Crippen LogP contribution is 2.20. The first-order valence-electron chi connectivity index (χ1n) is 8.55. The first-order valence-corrected chi connectivity index (χ1v) is 8.55. The second-order valence-corrected chi connectivity index (χ2v) is 6.22. The Kier molecular flexibility index (Phi) is 6.93. The van der Waals surface area contributed by atoms with Crippen LogP contribution in [0.1, 0.15) is 39.0 Å². The van der Waals surface area contributed by atoms with Crippen LogP contribution in [0.3, 0.4) is 0 Å². The molecule has 2 unspecified atom stereocenters. The zero-order valence-corrected chi connectivity index (χ0v) is 13.6. The first-order chi connectivity index (χ1) is 10.2. The number of esters is 1. The maximum absolute atomic E-state index is 11.8. The number of nitrogens with one attached hydrogen (secondary N) is 1. The molecule has 0 aromatic carbocycles. The van der Waals surface area contributed by atoms with E-state index in [0.29, 0.717) is 6.61 Å². The second kappa shape index (κ2) is 8.71. The molecule has 0 amide bonds. The Hall–Kier alpha value is -0.650. The van der Waals surface area contributed by atoms with Crippen molar-refractivity contribution in [2.45, 2.75) is 51.1 Å². The van der Waals surface area contributed by atoms with Gasteiger partial charge in [-0.2, -0.15) is 0 Å². The average molecular weight is 297 g/mol. The van der Waals surface area contributed by atoms with E-state index in [1.54, 1.807) is 0 Å². The van der Waals surface area contributed by atoms with Crippen molar-refractivity contribution >= 4 is 5.97 Å². The van der Waals surface area contributed by atoms with Crippen molar-refractivity contribution in [1.82, 2.24) is 15.1 Å². The van der Waals surface area contributed by atoms with Gasteiger partial charge in [-0.25, -0.2) is 0 Å². The number of carbonyl (C=O) groups is 1. The fourth-order valence-electron chi connectivity index (χ4n) is 3.53. The van der Waals surface area contributed by atoms with Crippen LogP contribution in [-0.2, 0) is 9.53 Å². The lowest BCUT2D eigenvalue weighted by molar-refractivity contribution is -0.145. The predicted molar refractivity (Wildman–Crippen MR) is 84.4 cm³/mol. The minimum Gasteiger partial charge on any atom is -0.465 e. The molecule has 0 aromatic heterocycles. The van der Waals surface area contributed by atoms with E-state index in [1.807, 2.05) is 14.0 Å². The van der Waals surface area contributed by atoms with Crippen LogP contribution in [0.4, 0.5) is 0 Å². The van der Waals surface area contributed by atoms with Gasteiger partial charge in [-0.1, -0.05) is 6.42 Å². The van der Waals surface area contributed by atoms with E-state index < -0.39 is 0 Å². The Balaban J connectivity index is 1.70. The second-order valence-electron chi connectivity index (χ2n) is 6.22. The summed E-state index contributed by atoms with van der Waals surface area (Å²) in [5.74, 6) is -0.119. The van der Waals surface area contributed by atoms with Crippen molar-refractivity contribution in [3.05, 3.63) is 0 Å². The van der Waals surface area contributed by atoms with E-state index in [1.165, 1.54) is 51.9 Å². The van der Waals surface area contributed by atoms with Crippen LogP contribution in [0.2, 0.25) is 0 Å². The van der Waals surface area contributed by atoms with Crippen LogP contribution >= 0.6 is 0 Å². The lowest BCUT2D eigenvalue weighted by Gasteiger charge is -2.32. The molecule has 5 heteroatoms. The minimum absolute atomic E-state index is 0.119. The standard InChI is InChI=1S/C16H31N3O2/c1-3-21-16(20)15(17-2)8-12-18-11-7-14(13-18)19-9-5-4-6-10-19/h14-15,17H,3-13H2,1-2H3. The van der Waals surface area contributed by atoms with Gasteiger partial charge in [0.1, 0.15) is 6.04 Å². The Morgan fingerprint density at radius 1 is 1.29 bits per heavy atom. The van der Waals surface area contributed by atoms with Crippen molar-refractivity contribution in [2.24, 2.45) is 0 Å². The number of nitrogens with zero attached hydrogens (tertiary/aromatic N) is 2. The molecule has 2 aliphatic heterocycles. The van der Waals surface area contributed by atoms with Gasteiger partial charge in [-0.3, -0.25) is 9.69 Å². The van der Waals surface area contributed by atoms with Gasteiger partial charge >= 0.3 is 5.97 Å². The predicted octanol–water partition coefficient (Wildman–Crippen LogP) is 1.09. The van der Waals surface area contributed by atoms with E-state index >= 15 is 0 Å². The largest absolute Gasteiger partial charge is 0.465 e. The summed E-state index contributed by atoms with van der Waals surface area (Å²) in [6, 6.07) is 0.569. The molecular weight excluding hydrogens is 266 g/mol. The van der Waals surface area contributed by atoms with Gasteiger partial charge in [-0.05, 0) is 59.3 Å². The van der Waals surface area contributed by atoms with Crippen molar-refractivity contribution in [3.8, 4) is 0 Å². The summed E-state index contributed by atoms with van der Waals surface area (Å²) in [7, 11) is 1.84. The van der Waals surface area contributed by atoms with Gasteiger partial charge < -0.3 is 15.0 Å². The molecule has 122 valence electrons. The molecule has 0 aliphatic carbocycles. The molecular formula is C16H31N3O2. The monoisotopic (exact) mass is 297 g/mol. The Bertz CT molecular complexity index is 319. The van der Waals surface area contributed by atoms with Gasteiger partial charge in [-0.15, -0.1) is 0 Å². The number of hydrogen-bond acceptors (Lipinski definition) is 5. The number of hydrogen-bond donors (Lipinski definition) is 1.